The van der Waals surface area contributed by atoms with Gasteiger partial charge in [-0.2, -0.15) is 0 Å². The van der Waals surface area contributed by atoms with Crippen LogP contribution < -0.4 is 0 Å². The van der Waals surface area contributed by atoms with Crippen molar-refractivity contribution in [1.82, 2.24) is 0 Å². The molecule has 1 fully saturated rings. The molecule has 2 atom stereocenters. The number of hydrogen-bond donors (Lipinski definition) is 0. The number of unbranched alkanes of at least 4 members (excludes halogenated alkanes) is 13. The summed E-state index contributed by atoms with van der Waals surface area (Å²) in [7, 11) is 0. The van der Waals surface area contributed by atoms with Gasteiger partial charge in [0.1, 0.15) is 0 Å². The molecule has 0 N–H and O–H groups in total. The van der Waals surface area contributed by atoms with Gasteiger partial charge < -0.3 is 14.2 Å². The van der Waals surface area contributed by atoms with Crippen molar-refractivity contribution in [2.75, 3.05) is 19.8 Å². The molecule has 0 aromatic heterocycles. The molecule has 0 bridgehead atoms. The van der Waals surface area contributed by atoms with E-state index in [-0.39, 0.29) is 12.4 Å². The summed E-state index contributed by atoms with van der Waals surface area (Å²) in [5.74, 6) is 0. The molecule has 3 heteroatoms. The lowest BCUT2D eigenvalue weighted by molar-refractivity contribution is -0.227. The second-order valence-corrected chi connectivity index (χ2v) is 8.83. The molecule has 1 aliphatic rings. The summed E-state index contributed by atoms with van der Waals surface area (Å²) in [6, 6.07) is 10.2. The number of ether oxygens (including phenoxy) is 3. The minimum absolute atomic E-state index is 0.149. The van der Waals surface area contributed by atoms with Gasteiger partial charge in [-0.1, -0.05) is 121 Å². The molecule has 1 aromatic carbocycles. The Balaban J connectivity index is 1.33. The van der Waals surface area contributed by atoms with E-state index in [1.165, 1.54) is 89.9 Å². The van der Waals surface area contributed by atoms with Gasteiger partial charge in [-0.25, -0.2) is 0 Å². The van der Waals surface area contributed by atoms with E-state index >= 15 is 0 Å². The highest BCUT2D eigenvalue weighted by atomic mass is 16.7. The molecule has 0 amide bonds. The molecule has 2 rings (SSSR count). The fourth-order valence-corrected chi connectivity index (χ4v) is 4.11. The predicted molar refractivity (Wildman–Crippen MR) is 126 cm³/mol. The van der Waals surface area contributed by atoms with Crippen LogP contribution in [0, 0.1) is 0 Å². The van der Waals surface area contributed by atoms with Gasteiger partial charge in [-0.3, -0.25) is 0 Å². The van der Waals surface area contributed by atoms with E-state index < -0.39 is 0 Å². The summed E-state index contributed by atoms with van der Waals surface area (Å²) >= 11 is 0. The van der Waals surface area contributed by atoms with Crippen LogP contribution >= 0.6 is 0 Å². The van der Waals surface area contributed by atoms with Crippen LogP contribution in [-0.2, 0) is 14.2 Å². The van der Waals surface area contributed by atoms with Crippen LogP contribution in [0.25, 0.3) is 0 Å². The monoisotopic (exact) mass is 418 g/mol. The number of rotatable bonds is 18. The van der Waals surface area contributed by atoms with Gasteiger partial charge in [0.25, 0.3) is 0 Å². The van der Waals surface area contributed by atoms with Crippen molar-refractivity contribution in [1.29, 1.82) is 0 Å². The molecule has 3 nitrogen and oxygen atoms in total. The zero-order chi connectivity index (χ0) is 21.1. The molecular formula is C27H46O3. The van der Waals surface area contributed by atoms with Gasteiger partial charge in [0.15, 0.2) is 6.29 Å². The van der Waals surface area contributed by atoms with Crippen LogP contribution in [0.5, 0.6) is 0 Å². The summed E-state index contributed by atoms with van der Waals surface area (Å²) in [5.41, 5.74) is 1.09. The average Bonchev–Trinajstić information content (AvgIpc) is 2.79. The van der Waals surface area contributed by atoms with E-state index in [1.54, 1.807) is 0 Å². The van der Waals surface area contributed by atoms with Crippen molar-refractivity contribution in [3.8, 4) is 0 Å². The maximum atomic E-state index is 6.05. The third kappa shape index (κ3) is 12.1. The first-order valence-electron chi connectivity index (χ1n) is 12.8. The molecule has 30 heavy (non-hydrogen) atoms. The fourth-order valence-electron chi connectivity index (χ4n) is 4.11. The first kappa shape index (κ1) is 25.4. The summed E-state index contributed by atoms with van der Waals surface area (Å²) in [6.07, 6.45) is 20.3. The van der Waals surface area contributed by atoms with Crippen molar-refractivity contribution < 1.29 is 14.2 Å². The maximum absolute atomic E-state index is 6.05. The standard InChI is InChI=1S/C27H46O3/c1-2-3-4-5-6-7-8-9-10-11-12-13-14-18-22-28-24-26-21-23-29-27(30-26)25-19-16-15-17-20-25/h15-17,19-20,26-27H,2-14,18,21-24H2,1H3/t26-,27+/m1/s1. The lowest BCUT2D eigenvalue weighted by Gasteiger charge is -2.30. The Labute approximate surface area is 185 Å². The van der Waals surface area contributed by atoms with Crippen molar-refractivity contribution in [2.45, 2.75) is 116 Å². The molecular weight excluding hydrogens is 372 g/mol. The zero-order valence-electron chi connectivity index (χ0n) is 19.5. The maximum Gasteiger partial charge on any atom is 0.184 e. The Morgan fingerprint density at radius 3 is 1.93 bits per heavy atom. The molecule has 1 heterocycles. The van der Waals surface area contributed by atoms with E-state index in [0.717, 1.165) is 25.2 Å². The third-order valence-corrected chi connectivity index (χ3v) is 6.04. The topological polar surface area (TPSA) is 27.7 Å². The van der Waals surface area contributed by atoms with Crippen molar-refractivity contribution >= 4 is 0 Å². The van der Waals surface area contributed by atoms with E-state index in [9.17, 15) is 0 Å². The largest absolute Gasteiger partial charge is 0.379 e. The normalized spacial score (nSPS) is 19.2. The van der Waals surface area contributed by atoms with Gasteiger partial charge in [0, 0.05) is 12.2 Å². The fraction of sp³-hybridized carbons (Fsp3) is 0.778. The summed E-state index contributed by atoms with van der Waals surface area (Å²) in [4.78, 5) is 0. The van der Waals surface area contributed by atoms with Gasteiger partial charge in [-0.05, 0) is 12.8 Å². The highest BCUT2D eigenvalue weighted by Gasteiger charge is 2.24. The Morgan fingerprint density at radius 1 is 0.767 bits per heavy atom. The highest BCUT2D eigenvalue weighted by molar-refractivity contribution is 5.16. The lowest BCUT2D eigenvalue weighted by atomic mass is 10.0. The second kappa shape index (κ2) is 17.7. The molecule has 1 aliphatic heterocycles. The van der Waals surface area contributed by atoms with Crippen LogP contribution in [0.2, 0.25) is 0 Å². The van der Waals surface area contributed by atoms with Crippen LogP contribution in [0.4, 0.5) is 0 Å². The Bertz CT molecular complexity index is 490. The smallest absolute Gasteiger partial charge is 0.184 e. The Kier molecular flexibility index (Phi) is 15.0. The van der Waals surface area contributed by atoms with Crippen molar-refractivity contribution in [3.63, 3.8) is 0 Å². The molecule has 1 saturated heterocycles. The minimum atomic E-state index is -0.241. The molecule has 0 aliphatic carbocycles. The van der Waals surface area contributed by atoms with Gasteiger partial charge >= 0.3 is 0 Å². The first-order valence-corrected chi connectivity index (χ1v) is 12.8. The molecule has 172 valence electrons. The van der Waals surface area contributed by atoms with E-state index in [0.29, 0.717) is 6.61 Å². The SMILES string of the molecule is CCCCCCCCCCCCCCCCOC[C@H]1CCO[C@H](c2ccccc2)O1. The number of hydrogen-bond acceptors (Lipinski definition) is 3. The van der Waals surface area contributed by atoms with Gasteiger partial charge in [-0.15, -0.1) is 0 Å². The highest BCUT2D eigenvalue weighted by Crippen LogP contribution is 2.26. The summed E-state index contributed by atoms with van der Waals surface area (Å²) in [6.45, 7) is 4.57. The zero-order valence-corrected chi connectivity index (χ0v) is 19.5. The van der Waals surface area contributed by atoms with E-state index in [4.69, 9.17) is 14.2 Å². The lowest BCUT2D eigenvalue weighted by Crippen LogP contribution is -2.30. The first-order chi connectivity index (χ1) is 14.9. The van der Waals surface area contributed by atoms with Gasteiger partial charge in [0.05, 0.1) is 19.3 Å². The predicted octanol–water partition coefficient (Wildman–Crippen LogP) is 7.99. The minimum Gasteiger partial charge on any atom is -0.379 e. The summed E-state index contributed by atoms with van der Waals surface area (Å²) in [5, 5.41) is 0. The van der Waals surface area contributed by atoms with Crippen LogP contribution in [0.3, 0.4) is 0 Å². The quantitative estimate of drug-likeness (QED) is 0.226. The van der Waals surface area contributed by atoms with Crippen molar-refractivity contribution in [2.24, 2.45) is 0 Å². The van der Waals surface area contributed by atoms with Crippen LogP contribution in [0.15, 0.2) is 30.3 Å². The molecule has 0 saturated carbocycles. The van der Waals surface area contributed by atoms with Crippen LogP contribution in [0.1, 0.15) is 115 Å². The van der Waals surface area contributed by atoms with Crippen molar-refractivity contribution in [3.05, 3.63) is 35.9 Å². The molecule has 0 spiro atoms. The Morgan fingerprint density at radius 2 is 1.33 bits per heavy atom. The molecule has 1 aromatic rings. The van der Waals surface area contributed by atoms with E-state index in [2.05, 4.69) is 19.1 Å². The summed E-state index contributed by atoms with van der Waals surface area (Å²) < 4.78 is 17.7. The second-order valence-electron chi connectivity index (χ2n) is 8.83. The van der Waals surface area contributed by atoms with E-state index in [1.807, 2.05) is 18.2 Å². The molecule has 0 radical (unpaired) electrons. The third-order valence-electron chi connectivity index (χ3n) is 6.04. The van der Waals surface area contributed by atoms with Gasteiger partial charge in [0.2, 0.25) is 0 Å². The Hall–Kier alpha value is -0.900. The average molecular weight is 419 g/mol. The van der Waals surface area contributed by atoms with Crippen LogP contribution in [-0.4, -0.2) is 25.9 Å². The number of benzene rings is 1. The molecule has 0 unspecified atom stereocenters.